The Morgan fingerprint density at radius 3 is 2.25 bits per heavy atom. The number of anilines is 2. The zero-order valence-corrected chi connectivity index (χ0v) is 15.9. The van der Waals surface area contributed by atoms with E-state index in [0.717, 1.165) is 0 Å². The second-order valence-corrected chi connectivity index (χ2v) is 6.12. The van der Waals surface area contributed by atoms with E-state index >= 15 is 0 Å². The van der Waals surface area contributed by atoms with Crippen molar-refractivity contribution in [3.8, 4) is 5.75 Å². The van der Waals surface area contributed by atoms with Gasteiger partial charge in [-0.15, -0.1) is 0 Å². The Labute approximate surface area is 163 Å². The highest BCUT2D eigenvalue weighted by Gasteiger charge is 2.16. The Morgan fingerprint density at radius 2 is 1.57 bits per heavy atom. The number of esters is 1. The summed E-state index contributed by atoms with van der Waals surface area (Å²) in [6.07, 6.45) is 0. The molecule has 28 heavy (non-hydrogen) atoms. The first-order valence-electron chi connectivity index (χ1n) is 8.67. The first-order valence-corrected chi connectivity index (χ1v) is 8.67. The van der Waals surface area contributed by atoms with Crippen LogP contribution in [0.2, 0.25) is 0 Å². The molecule has 3 N–H and O–H groups in total. The van der Waals surface area contributed by atoms with Crippen LogP contribution in [0.3, 0.4) is 0 Å². The third-order valence-electron chi connectivity index (χ3n) is 3.53. The molecule has 0 aromatic heterocycles. The molecule has 2 aromatic rings. The van der Waals surface area contributed by atoms with Crippen molar-refractivity contribution in [1.29, 1.82) is 0 Å². The van der Waals surface area contributed by atoms with E-state index in [9.17, 15) is 14.4 Å². The minimum absolute atomic E-state index is 0.0576. The number of benzene rings is 2. The molecule has 0 radical (unpaired) electrons. The summed E-state index contributed by atoms with van der Waals surface area (Å²) < 4.78 is 10.2. The molecule has 0 atom stereocenters. The van der Waals surface area contributed by atoms with E-state index in [1.54, 1.807) is 42.5 Å². The summed E-state index contributed by atoms with van der Waals surface area (Å²) in [5, 5.41) is 7.88. The number of carbonyl (C=O) groups excluding carboxylic acids is 3. The van der Waals surface area contributed by atoms with Crippen molar-refractivity contribution in [1.82, 2.24) is 5.32 Å². The number of hydrogen-bond acceptors (Lipinski definition) is 5. The topological polar surface area (TPSA) is 106 Å². The maximum atomic E-state index is 12.4. The van der Waals surface area contributed by atoms with Crippen molar-refractivity contribution in [3.63, 3.8) is 0 Å². The number of rotatable bonds is 7. The Kier molecular flexibility index (Phi) is 7.38. The van der Waals surface area contributed by atoms with E-state index in [2.05, 4.69) is 16.0 Å². The van der Waals surface area contributed by atoms with Crippen molar-refractivity contribution in [2.45, 2.75) is 19.9 Å². The number of methoxy groups -OCH3 is 1. The molecule has 0 spiro atoms. The van der Waals surface area contributed by atoms with Gasteiger partial charge in [-0.1, -0.05) is 24.3 Å². The van der Waals surface area contributed by atoms with E-state index in [1.807, 2.05) is 13.8 Å². The largest absolute Gasteiger partial charge is 0.495 e. The van der Waals surface area contributed by atoms with Crippen LogP contribution in [0.25, 0.3) is 0 Å². The molecule has 148 valence electrons. The summed E-state index contributed by atoms with van der Waals surface area (Å²) >= 11 is 0. The third kappa shape index (κ3) is 6.01. The Bertz CT molecular complexity index is 851. The van der Waals surface area contributed by atoms with Crippen LogP contribution in [0.1, 0.15) is 24.2 Å². The van der Waals surface area contributed by atoms with Crippen molar-refractivity contribution in [3.05, 3.63) is 54.1 Å². The van der Waals surface area contributed by atoms with Gasteiger partial charge in [0.25, 0.3) is 5.91 Å². The monoisotopic (exact) mass is 385 g/mol. The molecule has 8 heteroatoms. The molecule has 0 unspecified atom stereocenters. The summed E-state index contributed by atoms with van der Waals surface area (Å²) in [4.78, 5) is 36.3. The van der Waals surface area contributed by atoms with Gasteiger partial charge in [-0.05, 0) is 38.1 Å². The lowest BCUT2D eigenvalue weighted by molar-refractivity contribution is -0.119. The maximum Gasteiger partial charge on any atom is 0.340 e. The molecular weight excluding hydrogens is 362 g/mol. The predicted octanol–water partition coefficient (Wildman–Crippen LogP) is 3.02. The molecule has 0 fully saturated rings. The number of carbonyl (C=O) groups is 3. The summed E-state index contributed by atoms with van der Waals surface area (Å²) in [6, 6.07) is 12.8. The number of amides is 3. The van der Waals surface area contributed by atoms with Crippen LogP contribution >= 0.6 is 0 Å². The van der Waals surface area contributed by atoms with Crippen molar-refractivity contribution in [2.75, 3.05) is 24.4 Å². The van der Waals surface area contributed by atoms with Crippen molar-refractivity contribution in [2.24, 2.45) is 0 Å². The van der Waals surface area contributed by atoms with Crippen molar-refractivity contribution >= 4 is 29.3 Å². The molecule has 0 aliphatic carbocycles. The fraction of sp³-hybridized carbons (Fsp3) is 0.250. The second kappa shape index (κ2) is 9.96. The Morgan fingerprint density at radius 1 is 0.929 bits per heavy atom. The smallest absolute Gasteiger partial charge is 0.340 e. The summed E-state index contributed by atoms with van der Waals surface area (Å²) in [5.74, 6) is -0.746. The van der Waals surface area contributed by atoms with Gasteiger partial charge in [0.1, 0.15) is 5.75 Å². The highest BCUT2D eigenvalue weighted by Crippen LogP contribution is 2.23. The average Bonchev–Trinajstić information content (AvgIpc) is 2.66. The van der Waals surface area contributed by atoms with Gasteiger partial charge < -0.3 is 25.4 Å². The minimum Gasteiger partial charge on any atom is -0.495 e. The van der Waals surface area contributed by atoms with E-state index in [0.29, 0.717) is 11.4 Å². The van der Waals surface area contributed by atoms with Crippen LogP contribution in [0.5, 0.6) is 5.75 Å². The molecule has 2 rings (SSSR count). The van der Waals surface area contributed by atoms with Gasteiger partial charge >= 0.3 is 12.0 Å². The number of nitrogens with one attached hydrogen (secondary N) is 3. The quantitative estimate of drug-likeness (QED) is 0.635. The predicted molar refractivity (Wildman–Crippen MR) is 106 cm³/mol. The Balaban J connectivity index is 1.97. The fourth-order valence-electron chi connectivity index (χ4n) is 2.33. The fourth-order valence-corrected chi connectivity index (χ4v) is 2.33. The molecular formula is C20H23N3O5. The first-order chi connectivity index (χ1) is 13.4. The maximum absolute atomic E-state index is 12.4. The lowest BCUT2D eigenvalue weighted by atomic mass is 10.2. The lowest BCUT2D eigenvalue weighted by Crippen LogP contribution is -2.34. The minimum atomic E-state index is -0.726. The zero-order valence-electron chi connectivity index (χ0n) is 15.9. The number of hydrogen-bond donors (Lipinski definition) is 3. The molecule has 0 aliphatic heterocycles. The summed E-state index contributed by atoms with van der Waals surface area (Å²) in [6.45, 7) is 3.16. The van der Waals surface area contributed by atoms with Gasteiger partial charge in [-0.2, -0.15) is 0 Å². The van der Waals surface area contributed by atoms with Gasteiger partial charge in [-0.3, -0.25) is 4.79 Å². The second-order valence-electron chi connectivity index (χ2n) is 6.12. The molecule has 0 bridgehead atoms. The van der Waals surface area contributed by atoms with E-state index in [4.69, 9.17) is 9.47 Å². The average molecular weight is 385 g/mol. The molecule has 0 heterocycles. The normalized spacial score (nSPS) is 10.1. The van der Waals surface area contributed by atoms with E-state index in [-0.39, 0.29) is 17.3 Å². The molecule has 0 saturated carbocycles. The summed E-state index contributed by atoms with van der Waals surface area (Å²) in [7, 11) is 1.49. The number of ether oxygens (including phenoxy) is 2. The zero-order chi connectivity index (χ0) is 20.5. The molecule has 0 aliphatic rings. The van der Waals surface area contributed by atoms with Crippen LogP contribution in [-0.2, 0) is 9.53 Å². The van der Waals surface area contributed by atoms with Gasteiger partial charge in [0.05, 0.1) is 24.0 Å². The molecule has 2 aromatic carbocycles. The van der Waals surface area contributed by atoms with Crippen LogP contribution in [0.15, 0.2) is 48.5 Å². The summed E-state index contributed by atoms with van der Waals surface area (Å²) in [5.41, 5.74) is 0.903. The van der Waals surface area contributed by atoms with Gasteiger partial charge in [-0.25, -0.2) is 9.59 Å². The van der Waals surface area contributed by atoms with Crippen LogP contribution in [-0.4, -0.2) is 37.7 Å². The van der Waals surface area contributed by atoms with Crippen LogP contribution < -0.4 is 20.7 Å². The van der Waals surface area contributed by atoms with Gasteiger partial charge in [0.15, 0.2) is 6.61 Å². The Hall–Kier alpha value is -3.55. The highest BCUT2D eigenvalue weighted by molar-refractivity contribution is 6.02. The van der Waals surface area contributed by atoms with Gasteiger partial charge in [0.2, 0.25) is 0 Å². The van der Waals surface area contributed by atoms with Crippen molar-refractivity contribution < 1.29 is 23.9 Å². The van der Waals surface area contributed by atoms with Crippen LogP contribution in [0.4, 0.5) is 16.2 Å². The van der Waals surface area contributed by atoms with Crippen LogP contribution in [0, 0.1) is 0 Å². The van der Waals surface area contributed by atoms with Gasteiger partial charge in [0, 0.05) is 6.04 Å². The molecule has 8 nitrogen and oxygen atoms in total. The van der Waals surface area contributed by atoms with E-state index < -0.39 is 24.5 Å². The number of urea groups is 1. The third-order valence-corrected chi connectivity index (χ3v) is 3.53. The SMILES string of the molecule is COc1ccccc1NC(=O)COC(=O)c1ccccc1NC(=O)NC(C)C. The lowest BCUT2D eigenvalue weighted by Gasteiger charge is -2.13. The van der Waals surface area contributed by atoms with E-state index in [1.165, 1.54) is 13.2 Å². The number of para-hydroxylation sites is 3. The molecule has 3 amide bonds. The highest BCUT2D eigenvalue weighted by atomic mass is 16.5. The molecule has 0 saturated heterocycles. The standard InChI is InChI=1S/C20H23N3O5/c1-13(2)21-20(26)23-15-9-5-4-8-14(15)19(25)28-12-18(24)22-16-10-6-7-11-17(16)27-3/h4-11,13H,12H2,1-3H3,(H,22,24)(H2,21,23,26). The first kappa shape index (κ1) is 20.8.